The largest absolute Gasteiger partial charge is 0.486 e. The first kappa shape index (κ1) is 12.0. The number of fused-ring (bicyclic) bond motifs is 1. The van der Waals surface area contributed by atoms with Crippen LogP contribution in [0.4, 0.5) is 0 Å². The summed E-state index contributed by atoms with van der Waals surface area (Å²) in [5.41, 5.74) is 1.96. The highest BCUT2D eigenvalue weighted by Crippen LogP contribution is 2.25. The van der Waals surface area contributed by atoms with Gasteiger partial charge in [0.15, 0.2) is 5.78 Å². The van der Waals surface area contributed by atoms with Crippen molar-refractivity contribution in [3.05, 3.63) is 47.5 Å². The Bertz CT molecular complexity index is 616. The molecule has 2 aromatic rings. The third kappa shape index (κ3) is 2.38. The van der Waals surface area contributed by atoms with Gasteiger partial charge in [-0.3, -0.25) is 4.79 Å². The number of rotatable bonds is 3. The summed E-state index contributed by atoms with van der Waals surface area (Å²) in [5, 5.41) is 0. The van der Waals surface area contributed by atoms with Gasteiger partial charge in [-0.15, -0.1) is 0 Å². The predicted molar refractivity (Wildman–Crippen MR) is 71.3 cm³/mol. The van der Waals surface area contributed by atoms with Gasteiger partial charge in [-0.05, 0) is 30.5 Å². The molecule has 0 N–H and O–H groups in total. The smallest absolute Gasteiger partial charge is 0.163 e. The van der Waals surface area contributed by atoms with E-state index in [2.05, 4.69) is 4.98 Å². The van der Waals surface area contributed by atoms with Crippen molar-refractivity contribution < 1.29 is 9.53 Å². The zero-order valence-electron chi connectivity index (χ0n) is 10.9. The second-order valence-corrected chi connectivity index (χ2v) is 4.84. The number of carbonyl (C=O) groups is 1. The van der Waals surface area contributed by atoms with Crippen molar-refractivity contribution in [1.29, 1.82) is 0 Å². The Balaban J connectivity index is 1.77. The molecule has 0 bridgehead atoms. The van der Waals surface area contributed by atoms with E-state index in [4.69, 9.17) is 4.74 Å². The number of imidazole rings is 1. The van der Waals surface area contributed by atoms with E-state index in [1.807, 2.05) is 36.0 Å². The lowest BCUT2D eigenvalue weighted by atomic mass is 9.90. The Hall–Kier alpha value is -2.10. The lowest BCUT2D eigenvalue weighted by molar-refractivity contribution is 0.0972. The summed E-state index contributed by atoms with van der Waals surface area (Å²) in [6.45, 7) is 0.413. The Morgan fingerprint density at radius 3 is 3.05 bits per heavy atom. The molecule has 0 saturated carbocycles. The molecule has 1 aromatic heterocycles. The van der Waals surface area contributed by atoms with E-state index in [9.17, 15) is 4.79 Å². The number of benzene rings is 1. The summed E-state index contributed by atoms with van der Waals surface area (Å²) in [6, 6.07) is 5.79. The Morgan fingerprint density at radius 2 is 2.26 bits per heavy atom. The zero-order valence-corrected chi connectivity index (χ0v) is 10.9. The van der Waals surface area contributed by atoms with Gasteiger partial charge in [-0.25, -0.2) is 4.98 Å². The summed E-state index contributed by atoms with van der Waals surface area (Å²) in [4.78, 5) is 16.1. The Labute approximate surface area is 112 Å². The van der Waals surface area contributed by atoms with Crippen LogP contribution in [0.1, 0.15) is 34.6 Å². The summed E-state index contributed by atoms with van der Waals surface area (Å²) in [6.07, 6.45) is 6.22. The quantitative estimate of drug-likeness (QED) is 0.847. The topological polar surface area (TPSA) is 44.1 Å². The fraction of sp³-hybridized carbons (Fsp3) is 0.333. The number of Topliss-reactive ketones (excluding diaryl/α,β-unsaturated/α-hetero) is 1. The van der Waals surface area contributed by atoms with Crippen molar-refractivity contribution in [2.75, 3.05) is 0 Å². The minimum absolute atomic E-state index is 0.226. The zero-order chi connectivity index (χ0) is 13.2. The van der Waals surface area contributed by atoms with E-state index in [1.54, 1.807) is 6.20 Å². The number of carbonyl (C=O) groups excluding carboxylic acids is 1. The van der Waals surface area contributed by atoms with Gasteiger partial charge >= 0.3 is 0 Å². The second-order valence-electron chi connectivity index (χ2n) is 4.84. The van der Waals surface area contributed by atoms with Crippen LogP contribution < -0.4 is 4.74 Å². The van der Waals surface area contributed by atoms with Crippen LogP contribution >= 0.6 is 0 Å². The van der Waals surface area contributed by atoms with Crippen molar-refractivity contribution in [2.24, 2.45) is 7.05 Å². The van der Waals surface area contributed by atoms with Crippen molar-refractivity contribution >= 4 is 5.78 Å². The van der Waals surface area contributed by atoms with E-state index in [0.29, 0.717) is 13.0 Å². The number of ether oxygens (including phenoxy) is 1. The minimum atomic E-state index is 0.226. The average molecular weight is 256 g/mol. The fourth-order valence-electron chi connectivity index (χ4n) is 2.38. The summed E-state index contributed by atoms with van der Waals surface area (Å²) >= 11 is 0. The van der Waals surface area contributed by atoms with Crippen LogP contribution in [-0.4, -0.2) is 15.3 Å². The highest BCUT2D eigenvalue weighted by Gasteiger charge is 2.17. The first-order valence-corrected chi connectivity index (χ1v) is 6.49. The highest BCUT2D eigenvalue weighted by atomic mass is 16.5. The molecule has 19 heavy (non-hydrogen) atoms. The van der Waals surface area contributed by atoms with Crippen molar-refractivity contribution in [1.82, 2.24) is 9.55 Å². The van der Waals surface area contributed by atoms with Crippen LogP contribution in [0.15, 0.2) is 30.6 Å². The number of aryl methyl sites for hydroxylation is 2. The van der Waals surface area contributed by atoms with Crippen molar-refractivity contribution in [3.63, 3.8) is 0 Å². The number of hydrogen-bond acceptors (Lipinski definition) is 3. The summed E-state index contributed by atoms with van der Waals surface area (Å²) in [5.74, 6) is 1.82. The number of hydrogen-bond donors (Lipinski definition) is 0. The minimum Gasteiger partial charge on any atom is -0.486 e. The maximum atomic E-state index is 11.9. The summed E-state index contributed by atoms with van der Waals surface area (Å²) < 4.78 is 7.63. The molecule has 0 amide bonds. The van der Waals surface area contributed by atoms with Gasteiger partial charge in [0, 0.05) is 31.4 Å². The molecule has 3 rings (SSSR count). The molecule has 0 unspecified atom stereocenters. The third-order valence-corrected chi connectivity index (χ3v) is 3.52. The Kier molecular flexibility index (Phi) is 3.07. The van der Waals surface area contributed by atoms with E-state index >= 15 is 0 Å². The van der Waals surface area contributed by atoms with Crippen LogP contribution in [0.5, 0.6) is 5.75 Å². The van der Waals surface area contributed by atoms with Gasteiger partial charge in [-0.1, -0.05) is 6.07 Å². The molecule has 0 atom stereocenters. The molecule has 0 spiro atoms. The first-order valence-electron chi connectivity index (χ1n) is 6.49. The molecule has 0 saturated heterocycles. The first-order chi connectivity index (χ1) is 9.24. The van der Waals surface area contributed by atoms with Gasteiger partial charge in [0.05, 0.1) is 0 Å². The standard InChI is InChI=1S/C15H16N2O2/c1-17-8-7-16-15(17)10-19-12-6-5-11-3-2-4-14(18)13(11)9-12/h5-9H,2-4,10H2,1H3. The van der Waals surface area contributed by atoms with E-state index in [1.165, 1.54) is 0 Å². The normalized spacial score (nSPS) is 14.3. The predicted octanol–water partition coefficient (Wildman–Crippen LogP) is 2.52. The second kappa shape index (κ2) is 4.88. The molecule has 1 aliphatic rings. The fourth-order valence-corrected chi connectivity index (χ4v) is 2.38. The molecule has 4 heteroatoms. The van der Waals surface area contributed by atoms with Crippen LogP contribution in [0.3, 0.4) is 0 Å². The molecule has 0 aliphatic heterocycles. The van der Waals surface area contributed by atoms with Gasteiger partial charge in [0.1, 0.15) is 18.2 Å². The van der Waals surface area contributed by atoms with Crippen LogP contribution in [0.2, 0.25) is 0 Å². The van der Waals surface area contributed by atoms with Crippen LogP contribution in [0, 0.1) is 0 Å². The number of aromatic nitrogens is 2. The highest BCUT2D eigenvalue weighted by molar-refractivity contribution is 5.98. The van der Waals surface area contributed by atoms with Gasteiger partial charge < -0.3 is 9.30 Å². The molecule has 0 radical (unpaired) electrons. The molecule has 0 fully saturated rings. The molecular weight excluding hydrogens is 240 g/mol. The molecular formula is C15H16N2O2. The third-order valence-electron chi connectivity index (χ3n) is 3.52. The maximum Gasteiger partial charge on any atom is 0.163 e. The Morgan fingerprint density at radius 1 is 1.37 bits per heavy atom. The van der Waals surface area contributed by atoms with Crippen LogP contribution in [0.25, 0.3) is 0 Å². The lowest BCUT2D eigenvalue weighted by Gasteiger charge is -2.15. The molecule has 98 valence electrons. The molecule has 1 aromatic carbocycles. The lowest BCUT2D eigenvalue weighted by Crippen LogP contribution is -2.11. The number of nitrogens with zero attached hydrogens (tertiary/aromatic N) is 2. The molecule has 1 aliphatic carbocycles. The van der Waals surface area contributed by atoms with Crippen LogP contribution in [-0.2, 0) is 20.1 Å². The van der Waals surface area contributed by atoms with E-state index in [-0.39, 0.29) is 5.78 Å². The van der Waals surface area contributed by atoms with Gasteiger partial charge in [0.25, 0.3) is 0 Å². The molecule has 1 heterocycles. The van der Waals surface area contributed by atoms with Crippen molar-refractivity contribution in [2.45, 2.75) is 25.9 Å². The van der Waals surface area contributed by atoms with Crippen molar-refractivity contribution in [3.8, 4) is 5.75 Å². The van der Waals surface area contributed by atoms with Gasteiger partial charge in [0.2, 0.25) is 0 Å². The SMILES string of the molecule is Cn1ccnc1COc1ccc2c(c1)C(=O)CCC2. The monoisotopic (exact) mass is 256 g/mol. The summed E-state index contributed by atoms with van der Waals surface area (Å²) in [7, 11) is 1.93. The molecule has 4 nitrogen and oxygen atoms in total. The maximum absolute atomic E-state index is 11.9. The average Bonchev–Trinajstić information content (AvgIpc) is 2.83. The number of ketones is 1. The van der Waals surface area contributed by atoms with Gasteiger partial charge in [-0.2, -0.15) is 0 Å². The van der Waals surface area contributed by atoms with E-state index < -0.39 is 0 Å². The van der Waals surface area contributed by atoms with E-state index in [0.717, 1.165) is 35.5 Å².